The minimum Gasteiger partial charge on any atom is -0.454 e. The lowest BCUT2D eigenvalue weighted by Gasteiger charge is -2.57. The Bertz CT molecular complexity index is 1030. The standard InChI is InChI=1S/C26H28N2O4/c29-24(14-27-25(30)19-1-6-22-23(10-19)32-15-31-22)28-21-4-2-20(3-5-21)26-11-16-7-17(12-26)9-18(8-16)13-26/h1-6,10,16-18H,7-9,11-15H2,(H,27,30)(H,28,29). The summed E-state index contributed by atoms with van der Waals surface area (Å²) in [5.41, 5.74) is 2.99. The molecule has 4 fully saturated rings. The van der Waals surface area contributed by atoms with Crippen molar-refractivity contribution in [3.8, 4) is 11.5 Å². The third-order valence-corrected chi connectivity index (χ3v) is 7.86. The van der Waals surface area contributed by atoms with Crippen LogP contribution in [-0.2, 0) is 10.2 Å². The van der Waals surface area contributed by atoms with Crippen molar-refractivity contribution >= 4 is 17.5 Å². The minimum atomic E-state index is -0.324. The van der Waals surface area contributed by atoms with Crippen molar-refractivity contribution < 1.29 is 19.1 Å². The van der Waals surface area contributed by atoms with E-state index in [1.54, 1.807) is 18.2 Å². The molecule has 1 aliphatic heterocycles. The average Bonchev–Trinajstić information content (AvgIpc) is 3.25. The molecule has 0 aromatic heterocycles. The molecule has 6 heteroatoms. The van der Waals surface area contributed by atoms with Crippen molar-refractivity contribution in [1.29, 1.82) is 0 Å². The molecule has 0 atom stereocenters. The zero-order valence-corrected chi connectivity index (χ0v) is 18.1. The van der Waals surface area contributed by atoms with Crippen LogP contribution in [0.25, 0.3) is 0 Å². The maximum atomic E-state index is 12.4. The molecule has 2 amide bonds. The fourth-order valence-electron chi connectivity index (χ4n) is 6.88. The highest BCUT2D eigenvalue weighted by Crippen LogP contribution is 2.60. The van der Waals surface area contributed by atoms with E-state index in [0.717, 1.165) is 23.4 Å². The number of fused-ring (bicyclic) bond motifs is 1. The van der Waals surface area contributed by atoms with Crippen LogP contribution in [0.1, 0.15) is 54.4 Å². The van der Waals surface area contributed by atoms with E-state index in [4.69, 9.17) is 9.47 Å². The molecule has 32 heavy (non-hydrogen) atoms. The predicted octanol–water partition coefficient (Wildman–Crippen LogP) is 4.25. The smallest absolute Gasteiger partial charge is 0.251 e. The van der Waals surface area contributed by atoms with Crippen molar-refractivity contribution in [3.05, 3.63) is 53.6 Å². The molecule has 4 saturated carbocycles. The number of amides is 2. The Balaban J connectivity index is 1.05. The van der Waals surface area contributed by atoms with Gasteiger partial charge in [0.15, 0.2) is 11.5 Å². The highest BCUT2D eigenvalue weighted by Gasteiger charge is 2.51. The lowest BCUT2D eigenvalue weighted by molar-refractivity contribution is -0.115. The fourth-order valence-corrected chi connectivity index (χ4v) is 6.88. The van der Waals surface area contributed by atoms with Crippen molar-refractivity contribution in [3.63, 3.8) is 0 Å². The van der Waals surface area contributed by atoms with Gasteiger partial charge < -0.3 is 20.1 Å². The van der Waals surface area contributed by atoms with Gasteiger partial charge in [-0.2, -0.15) is 0 Å². The molecule has 2 aromatic rings. The molecule has 2 N–H and O–H groups in total. The summed E-state index contributed by atoms with van der Waals surface area (Å²) in [4.78, 5) is 24.7. The number of benzene rings is 2. The zero-order chi connectivity index (χ0) is 21.7. The normalized spacial score (nSPS) is 29.1. The first-order valence-electron chi connectivity index (χ1n) is 11.6. The topological polar surface area (TPSA) is 76.7 Å². The Labute approximate surface area is 187 Å². The SMILES string of the molecule is O=C(CNC(=O)c1ccc2c(c1)OCO2)Nc1ccc(C23CC4CC(CC(C4)C2)C3)cc1. The molecule has 4 aliphatic carbocycles. The number of rotatable bonds is 5. The van der Waals surface area contributed by atoms with E-state index in [0.29, 0.717) is 22.5 Å². The van der Waals surface area contributed by atoms with E-state index in [1.807, 2.05) is 12.1 Å². The summed E-state index contributed by atoms with van der Waals surface area (Å²) in [6.45, 7) is 0.0640. The first-order valence-corrected chi connectivity index (χ1v) is 11.6. The van der Waals surface area contributed by atoms with E-state index in [1.165, 1.54) is 44.1 Å². The summed E-state index contributed by atoms with van der Waals surface area (Å²) in [7, 11) is 0. The van der Waals surface area contributed by atoms with Gasteiger partial charge in [-0.25, -0.2) is 0 Å². The Morgan fingerprint density at radius 3 is 2.22 bits per heavy atom. The molecule has 0 unspecified atom stereocenters. The van der Waals surface area contributed by atoms with Gasteiger partial charge in [0, 0.05) is 11.3 Å². The lowest BCUT2D eigenvalue weighted by Crippen LogP contribution is -2.48. The van der Waals surface area contributed by atoms with E-state index in [9.17, 15) is 9.59 Å². The van der Waals surface area contributed by atoms with Gasteiger partial charge >= 0.3 is 0 Å². The van der Waals surface area contributed by atoms with E-state index in [2.05, 4.69) is 22.8 Å². The van der Waals surface area contributed by atoms with Gasteiger partial charge in [0.1, 0.15) is 0 Å². The lowest BCUT2D eigenvalue weighted by atomic mass is 9.48. The number of nitrogens with one attached hydrogen (secondary N) is 2. The predicted molar refractivity (Wildman–Crippen MR) is 120 cm³/mol. The first kappa shape index (κ1) is 19.6. The van der Waals surface area contributed by atoms with Crippen molar-refractivity contribution in [2.24, 2.45) is 17.8 Å². The van der Waals surface area contributed by atoms with Crippen LogP contribution in [0.3, 0.4) is 0 Å². The van der Waals surface area contributed by atoms with Gasteiger partial charge in [0.2, 0.25) is 12.7 Å². The summed E-state index contributed by atoms with van der Waals surface area (Å²) in [5.74, 6) is 3.33. The Morgan fingerprint density at radius 1 is 0.875 bits per heavy atom. The van der Waals surface area contributed by atoms with Gasteiger partial charge in [-0.3, -0.25) is 9.59 Å². The molecule has 2 aromatic carbocycles. The average molecular weight is 433 g/mol. The number of carbonyl (C=O) groups excluding carboxylic acids is 2. The second-order valence-electron chi connectivity index (χ2n) is 10.1. The van der Waals surface area contributed by atoms with Crippen LogP contribution in [0.5, 0.6) is 11.5 Å². The van der Waals surface area contributed by atoms with Crippen LogP contribution in [0, 0.1) is 17.8 Å². The van der Waals surface area contributed by atoms with Gasteiger partial charge in [-0.1, -0.05) is 12.1 Å². The maximum absolute atomic E-state index is 12.4. The molecule has 5 aliphatic rings. The maximum Gasteiger partial charge on any atom is 0.251 e. The molecule has 0 saturated heterocycles. The Hall–Kier alpha value is -3.02. The van der Waals surface area contributed by atoms with Gasteiger partial charge in [0.25, 0.3) is 5.91 Å². The minimum absolute atomic E-state index is 0.0932. The third kappa shape index (κ3) is 3.51. The number of hydrogen-bond donors (Lipinski definition) is 2. The van der Waals surface area contributed by atoms with Gasteiger partial charge in [0.05, 0.1) is 6.54 Å². The highest BCUT2D eigenvalue weighted by molar-refractivity contribution is 5.99. The molecule has 166 valence electrons. The van der Waals surface area contributed by atoms with Crippen LogP contribution >= 0.6 is 0 Å². The van der Waals surface area contributed by atoms with Crippen LogP contribution in [0.2, 0.25) is 0 Å². The quantitative estimate of drug-likeness (QED) is 0.741. The zero-order valence-electron chi connectivity index (χ0n) is 18.1. The van der Waals surface area contributed by atoms with Crippen molar-refractivity contribution in [1.82, 2.24) is 5.32 Å². The van der Waals surface area contributed by atoms with Crippen molar-refractivity contribution in [2.75, 3.05) is 18.7 Å². The second-order valence-corrected chi connectivity index (χ2v) is 10.1. The molecule has 1 heterocycles. The van der Waals surface area contributed by atoms with Crippen LogP contribution < -0.4 is 20.1 Å². The third-order valence-electron chi connectivity index (χ3n) is 7.86. The largest absolute Gasteiger partial charge is 0.454 e. The van der Waals surface area contributed by atoms with Gasteiger partial charge in [-0.05, 0) is 97.6 Å². The molecule has 0 radical (unpaired) electrons. The number of carbonyl (C=O) groups is 2. The van der Waals surface area contributed by atoms with E-state index in [-0.39, 0.29) is 25.2 Å². The molecular weight excluding hydrogens is 404 g/mol. The fraction of sp³-hybridized carbons (Fsp3) is 0.462. The summed E-state index contributed by atoms with van der Waals surface area (Å²) in [6, 6.07) is 13.4. The summed E-state index contributed by atoms with van der Waals surface area (Å²) < 4.78 is 10.6. The molecular formula is C26H28N2O4. The van der Waals surface area contributed by atoms with E-state index >= 15 is 0 Å². The van der Waals surface area contributed by atoms with Crippen LogP contribution in [0.4, 0.5) is 5.69 Å². The highest BCUT2D eigenvalue weighted by atomic mass is 16.7. The second kappa shape index (κ2) is 7.54. The van der Waals surface area contributed by atoms with Crippen LogP contribution in [-0.4, -0.2) is 25.2 Å². The summed E-state index contributed by atoms with van der Waals surface area (Å²) >= 11 is 0. The van der Waals surface area contributed by atoms with Gasteiger partial charge in [-0.15, -0.1) is 0 Å². The number of hydrogen-bond acceptors (Lipinski definition) is 4. The number of ether oxygens (including phenoxy) is 2. The number of anilines is 1. The molecule has 7 rings (SSSR count). The Morgan fingerprint density at radius 2 is 1.53 bits per heavy atom. The van der Waals surface area contributed by atoms with Crippen LogP contribution in [0.15, 0.2) is 42.5 Å². The monoisotopic (exact) mass is 432 g/mol. The van der Waals surface area contributed by atoms with E-state index < -0.39 is 0 Å². The Kier molecular flexibility index (Phi) is 4.63. The molecule has 0 spiro atoms. The molecule has 4 bridgehead atoms. The van der Waals surface area contributed by atoms with Crippen molar-refractivity contribution in [2.45, 2.75) is 43.9 Å². The summed E-state index contributed by atoms with van der Waals surface area (Å²) in [6.07, 6.45) is 8.30. The first-order chi connectivity index (χ1) is 15.6. The molecule has 6 nitrogen and oxygen atoms in total. The summed E-state index contributed by atoms with van der Waals surface area (Å²) in [5, 5.41) is 5.56.